The van der Waals surface area contributed by atoms with Crippen molar-refractivity contribution in [3.05, 3.63) is 0 Å². The van der Waals surface area contributed by atoms with Crippen molar-refractivity contribution in [1.82, 2.24) is 0 Å². The van der Waals surface area contributed by atoms with Crippen molar-refractivity contribution in [3.8, 4) is 0 Å². The number of halogens is 6. The minimum atomic E-state index is -3.67. The first-order chi connectivity index (χ1) is 7.00. The summed E-state index contributed by atoms with van der Waals surface area (Å²) >= 11 is 0.546. The summed E-state index contributed by atoms with van der Waals surface area (Å²) < 4.78 is 72.1. The van der Waals surface area contributed by atoms with E-state index in [0.29, 0.717) is 12.3 Å². The average Bonchev–Trinajstić information content (AvgIpc) is 2.09. The van der Waals surface area contributed by atoms with Gasteiger partial charge in [-0.25, -0.2) is 13.2 Å². The lowest BCUT2D eigenvalue weighted by molar-refractivity contribution is 0.00819. The van der Waals surface area contributed by atoms with Gasteiger partial charge in [0.15, 0.2) is 12.3 Å². The van der Waals surface area contributed by atoms with E-state index >= 15 is 0 Å². The van der Waals surface area contributed by atoms with Crippen molar-refractivity contribution < 1.29 is 34.7 Å². The Labute approximate surface area is 87.3 Å². The minimum absolute atomic E-state index is 0.0840. The van der Waals surface area contributed by atoms with Crippen LogP contribution >= 0.6 is 12.3 Å². The number of rotatable bonds is 7. The van der Waals surface area contributed by atoms with Crippen LogP contribution in [0.2, 0.25) is 0 Å². The van der Waals surface area contributed by atoms with Gasteiger partial charge < -0.3 is 0 Å². The summed E-state index contributed by atoms with van der Waals surface area (Å²) in [5.41, 5.74) is 0. The monoisotopic (exact) mass is 260 g/mol. The molecule has 0 rings (SSSR count). The molecule has 0 unspecified atom stereocenters. The summed E-state index contributed by atoms with van der Waals surface area (Å²) in [4.78, 5) is 0. The van der Waals surface area contributed by atoms with E-state index in [4.69, 9.17) is 0 Å². The Balaban J connectivity index is 0. The molecule has 0 saturated carbocycles. The second kappa shape index (κ2) is 13.8. The van der Waals surface area contributed by atoms with Crippen LogP contribution < -0.4 is 0 Å². The molecule has 0 aromatic rings. The van der Waals surface area contributed by atoms with Crippen molar-refractivity contribution in [2.75, 3.05) is 19.9 Å². The Bertz CT molecular complexity index is 115. The minimum Gasteiger partial charge on any atom is -0.291 e. The maximum absolute atomic E-state index is 11.4. The molecule has 0 spiro atoms. The molecule has 0 fully saturated rings. The van der Waals surface area contributed by atoms with Gasteiger partial charge in [0.05, 0.1) is 13.2 Å². The number of alkyl halides is 6. The lowest BCUT2D eigenvalue weighted by Crippen LogP contribution is -1.97. The predicted molar refractivity (Wildman–Crippen MR) is 43.2 cm³/mol. The summed E-state index contributed by atoms with van der Waals surface area (Å²) in [5, 5.41) is 0. The van der Waals surface area contributed by atoms with Crippen LogP contribution in [0.1, 0.15) is 6.42 Å². The van der Waals surface area contributed by atoms with Gasteiger partial charge >= 0.3 is 6.68 Å². The molecule has 0 heterocycles. The second-order valence-corrected chi connectivity index (χ2v) is 2.44. The summed E-state index contributed by atoms with van der Waals surface area (Å²) in [7, 11) is 0. The number of hydrogen-bond donors (Lipinski definition) is 0. The van der Waals surface area contributed by atoms with E-state index in [1.165, 1.54) is 0 Å². The van der Waals surface area contributed by atoms with Gasteiger partial charge in [-0.2, -0.15) is 13.2 Å². The van der Waals surface area contributed by atoms with Crippen LogP contribution in [0, 0.1) is 0 Å². The fourth-order valence-electron chi connectivity index (χ4n) is 0.271. The molecular formula is C6H10F6O2S. The first kappa shape index (κ1) is 17.3. The highest BCUT2D eigenvalue weighted by Crippen LogP contribution is 2.07. The van der Waals surface area contributed by atoms with Gasteiger partial charge in [0.2, 0.25) is 6.43 Å². The molecular weight excluding hydrogens is 250 g/mol. The quantitative estimate of drug-likeness (QED) is 0.397. The van der Waals surface area contributed by atoms with E-state index < -0.39 is 19.8 Å². The fraction of sp³-hybridized carbons (Fsp3) is 1.00. The molecule has 0 aromatic carbocycles. The molecule has 0 aliphatic heterocycles. The summed E-state index contributed by atoms with van der Waals surface area (Å²) in [5.74, 6) is 0. The molecule has 0 saturated heterocycles. The maximum atomic E-state index is 11.4. The molecule has 0 radical (unpaired) electrons. The van der Waals surface area contributed by atoms with Crippen LogP contribution in [0.15, 0.2) is 0 Å². The van der Waals surface area contributed by atoms with Gasteiger partial charge in [0.1, 0.15) is 6.67 Å². The highest BCUT2D eigenvalue weighted by Gasteiger charge is 2.01. The van der Waals surface area contributed by atoms with E-state index in [0.717, 1.165) is 0 Å². The molecule has 15 heavy (non-hydrogen) atoms. The topological polar surface area (TPSA) is 18.5 Å². The van der Waals surface area contributed by atoms with Crippen LogP contribution in [0.4, 0.5) is 26.3 Å². The lowest BCUT2D eigenvalue weighted by atomic mass is 10.5. The molecule has 0 bridgehead atoms. The molecule has 0 N–H and O–H groups in total. The first-order valence-corrected chi connectivity index (χ1v) is 4.34. The summed E-state index contributed by atoms with van der Waals surface area (Å²) in [6.45, 7) is -4.45. The maximum Gasteiger partial charge on any atom is 0.379 e. The standard InChI is InChI=1S/C5H9F3O2S.CHF3/c6-2-4-10-11-9-3-1-5(7)8;2-1(3)4/h5H,1-4H2;1H. The highest BCUT2D eigenvalue weighted by atomic mass is 32.2. The Hall–Kier alpha value is -0.150. The van der Waals surface area contributed by atoms with Crippen LogP contribution in [-0.2, 0) is 8.37 Å². The fourth-order valence-corrected chi connectivity index (χ4v) is 0.634. The van der Waals surface area contributed by atoms with Crippen LogP contribution in [-0.4, -0.2) is 33.0 Å². The normalized spacial score (nSPS) is 10.4. The average molecular weight is 260 g/mol. The van der Waals surface area contributed by atoms with Gasteiger partial charge in [-0.15, -0.1) is 0 Å². The Morgan fingerprint density at radius 3 is 1.80 bits per heavy atom. The zero-order chi connectivity index (χ0) is 12.1. The molecule has 94 valence electrons. The van der Waals surface area contributed by atoms with Crippen molar-refractivity contribution in [2.45, 2.75) is 19.5 Å². The lowest BCUT2D eigenvalue weighted by Gasteiger charge is -1.99. The molecule has 9 heteroatoms. The zero-order valence-electron chi connectivity index (χ0n) is 7.48. The van der Waals surface area contributed by atoms with Gasteiger partial charge in [0.25, 0.3) is 0 Å². The predicted octanol–water partition coefficient (Wildman–Crippen LogP) is 3.39. The summed E-state index contributed by atoms with van der Waals surface area (Å²) in [6.07, 6.45) is -2.69. The van der Waals surface area contributed by atoms with E-state index in [1.54, 1.807) is 0 Å². The molecule has 0 aliphatic carbocycles. The van der Waals surface area contributed by atoms with Crippen LogP contribution in [0.5, 0.6) is 0 Å². The summed E-state index contributed by atoms with van der Waals surface area (Å²) in [6, 6.07) is 0. The smallest absolute Gasteiger partial charge is 0.291 e. The Kier molecular flexibility index (Phi) is 15.9. The highest BCUT2D eigenvalue weighted by molar-refractivity contribution is 7.89. The third-order valence-electron chi connectivity index (χ3n) is 0.676. The first-order valence-electron chi connectivity index (χ1n) is 3.68. The van der Waals surface area contributed by atoms with Gasteiger partial charge in [-0.1, -0.05) is 0 Å². The van der Waals surface area contributed by atoms with Gasteiger partial charge in [0, 0.05) is 6.42 Å². The Morgan fingerprint density at radius 1 is 0.933 bits per heavy atom. The molecule has 2 nitrogen and oxygen atoms in total. The Morgan fingerprint density at radius 2 is 1.40 bits per heavy atom. The molecule has 0 aliphatic rings. The van der Waals surface area contributed by atoms with Crippen molar-refractivity contribution in [3.63, 3.8) is 0 Å². The van der Waals surface area contributed by atoms with Crippen molar-refractivity contribution in [2.24, 2.45) is 0 Å². The number of hydrogen-bond acceptors (Lipinski definition) is 3. The zero-order valence-corrected chi connectivity index (χ0v) is 8.29. The second-order valence-electron chi connectivity index (χ2n) is 1.83. The molecule has 0 amide bonds. The van der Waals surface area contributed by atoms with Crippen LogP contribution in [0.3, 0.4) is 0 Å². The largest absolute Gasteiger partial charge is 0.379 e. The van der Waals surface area contributed by atoms with Gasteiger partial charge in [-0.3, -0.25) is 8.37 Å². The van der Waals surface area contributed by atoms with Crippen LogP contribution in [0.25, 0.3) is 0 Å². The van der Waals surface area contributed by atoms with Crippen molar-refractivity contribution >= 4 is 12.3 Å². The SMILES string of the molecule is FC(F)F.FCCOSOCCC(F)F. The third-order valence-corrected chi connectivity index (χ3v) is 1.20. The van der Waals surface area contributed by atoms with Gasteiger partial charge in [-0.05, 0) is 0 Å². The van der Waals surface area contributed by atoms with E-state index in [1.807, 2.05) is 0 Å². The van der Waals surface area contributed by atoms with E-state index in [-0.39, 0.29) is 19.6 Å². The molecule has 0 aromatic heterocycles. The third kappa shape index (κ3) is 31.6. The van der Waals surface area contributed by atoms with Crippen molar-refractivity contribution in [1.29, 1.82) is 0 Å². The van der Waals surface area contributed by atoms with E-state index in [9.17, 15) is 26.3 Å². The molecule has 0 atom stereocenters. The van der Waals surface area contributed by atoms with E-state index in [2.05, 4.69) is 8.37 Å².